The topological polar surface area (TPSA) is 40.5 Å². The van der Waals surface area contributed by atoms with Gasteiger partial charge < -0.3 is 10.0 Å². The van der Waals surface area contributed by atoms with Gasteiger partial charge in [0.05, 0.1) is 6.61 Å². The fourth-order valence-corrected chi connectivity index (χ4v) is 2.21. The molecule has 2 aliphatic rings. The first-order valence-electron chi connectivity index (χ1n) is 6.54. The Labute approximate surface area is 113 Å². The largest absolute Gasteiger partial charge is 0.395 e. The van der Waals surface area contributed by atoms with Crippen molar-refractivity contribution in [2.45, 2.75) is 19.9 Å². The third kappa shape index (κ3) is 2.93. The van der Waals surface area contributed by atoms with Crippen LogP contribution in [0.15, 0.2) is 42.5 Å². The number of carbonyl (C=O) groups is 1. The van der Waals surface area contributed by atoms with Gasteiger partial charge in [0.15, 0.2) is 0 Å². The van der Waals surface area contributed by atoms with Crippen molar-refractivity contribution < 1.29 is 9.90 Å². The number of hydrogen-bond donors (Lipinski definition) is 1. The molecular formula is C16H19NO2. The Balaban J connectivity index is 2.34. The monoisotopic (exact) mass is 257 g/mol. The Bertz CT molecular complexity index is 505. The molecular weight excluding hydrogens is 238 g/mol. The van der Waals surface area contributed by atoms with E-state index in [0.29, 0.717) is 12.1 Å². The predicted octanol–water partition coefficient (Wildman–Crippen LogP) is 2.63. The molecule has 0 fully saturated rings. The fraction of sp³-hybridized carbons (Fsp3) is 0.312. The number of fused-ring (bicyclic) bond motifs is 1. The molecule has 0 spiro atoms. The maximum Gasteiger partial charge on any atom is 0.254 e. The van der Waals surface area contributed by atoms with E-state index in [1.165, 1.54) is 0 Å². The highest BCUT2D eigenvalue weighted by atomic mass is 16.3. The Hall–Kier alpha value is -1.87. The summed E-state index contributed by atoms with van der Waals surface area (Å²) in [5.41, 5.74) is 2.80. The fourth-order valence-electron chi connectivity index (χ4n) is 2.21. The minimum atomic E-state index is -0.0251. The van der Waals surface area contributed by atoms with Crippen molar-refractivity contribution in [1.29, 1.82) is 0 Å². The van der Waals surface area contributed by atoms with Crippen molar-refractivity contribution >= 4 is 5.91 Å². The smallest absolute Gasteiger partial charge is 0.254 e. The summed E-state index contributed by atoms with van der Waals surface area (Å²) in [6.07, 6.45) is 0. The number of aliphatic hydroxyl groups is 1. The van der Waals surface area contributed by atoms with Crippen LogP contribution in [0.1, 0.15) is 24.2 Å². The lowest BCUT2D eigenvalue weighted by atomic mass is 10.2. The van der Waals surface area contributed by atoms with Gasteiger partial charge in [-0.2, -0.15) is 0 Å². The van der Waals surface area contributed by atoms with Crippen molar-refractivity contribution in [3.63, 3.8) is 0 Å². The second kappa shape index (κ2) is 5.85. The first-order chi connectivity index (χ1) is 9.13. The van der Waals surface area contributed by atoms with Gasteiger partial charge in [0.1, 0.15) is 0 Å². The molecule has 2 aliphatic carbocycles. The molecule has 0 aromatic rings. The van der Waals surface area contributed by atoms with Gasteiger partial charge in [0.25, 0.3) is 5.91 Å². The molecule has 0 saturated carbocycles. The number of carbonyl (C=O) groups excluding carboxylic acids is 1. The van der Waals surface area contributed by atoms with E-state index in [1.807, 2.05) is 56.3 Å². The molecule has 0 atom stereocenters. The lowest BCUT2D eigenvalue weighted by Gasteiger charge is -2.25. The number of aliphatic hydroxyl groups excluding tert-OH is 1. The van der Waals surface area contributed by atoms with E-state index in [2.05, 4.69) is 0 Å². The van der Waals surface area contributed by atoms with Gasteiger partial charge in [-0.3, -0.25) is 4.79 Å². The maximum atomic E-state index is 12.4. The number of rotatable bonds is 4. The van der Waals surface area contributed by atoms with Gasteiger partial charge in [0.2, 0.25) is 0 Å². The molecule has 100 valence electrons. The summed E-state index contributed by atoms with van der Waals surface area (Å²) in [4.78, 5) is 14.1. The summed E-state index contributed by atoms with van der Waals surface area (Å²) >= 11 is 0. The summed E-state index contributed by atoms with van der Waals surface area (Å²) < 4.78 is 0. The Morgan fingerprint density at radius 2 is 1.74 bits per heavy atom. The molecule has 0 aromatic carbocycles. The van der Waals surface area contributed by atoms with Gasteiger partial charge in [-0.1, -0.05) is 30.3 Å². The highest BCUT2D eigenvalue weighted by molar-refractivity contribution is 5.98. The van der Waals surface area contributed by atoms with Crippen molar-refractivity contribution in [2.24, 2.45) is 0 Å². The Morgan fingerprint density at radius 3 is 2.21 bits per heavy atom. The van der Waals surface area contributed by atoms with Crippen molar-refractivity contribution in [3.05, 3.63) is 48.0 Å². The first kappa shape index (κ1) is 13.6. The van der Waals surface area contributed by atoms with Crippen molar-refractivity contribution in [2.75, 3.05) is 13.2 Å². The van der Waals surface area contributed by atoms with Gasteiger partial charge in [-0.15, -0.1) is 0 Å². The molecule has 0 bridgehead atoms. The van der Waals surface area contributed by atoms with Crippen LogP contribution in [0.4, 0.5) is 0 Å². The number of hydrogen-bond acceptors (Lipinski definition) is 2. The van der Waals surface area contributed by atoms with Crippen molar-refractivity contribution in [3.8, 4) is 11.1 Å². The molecule has 19 heavy (non-hydrogen) atoms. The van der Waals surface area contributed by atoms with Crippen LogP contribution in [0, 0.1) is 0 Å². The van der Waals surface area contributed by atoms with Crippen LogP contribution in [-0.4, -0.2) is 35.1 Å². The predicted molar refractivity (Wildman–Crippen MR) is 76.3 cm³/mol. The molecule has 3 heteroatoms. The average molecular weight is 257 g/mol. The SMILES string of the molecule is CC(C)N(CCO)C(=O)c1cc2cccccc-2c1. The van der Waals surface area contributed by atoms with Crippen LogP contribution in [-0.2, 0) is 0 Å². The molecule has 0 heterocycles. The zero-order chi connectivity index (χ0) is 13.8. The van der Waals surface area contributed by atoms with Crippen LogP contribution in [0.25, 0.3) is 11.1 Å². The van der Waals surface area contributed by atoms with Crippen molar-refractivity contribution in [1.82, 2.24) is 4.90 Å². The van der Waals surface area contributed by atoms with Crippen LogP contribution < -0.4 is 0 Å². The van der Waals surface area contributed by atoms with E-state index >= 15 is 0 Å². The minimum absolute atomic E-state index is 0.0148. The highest BCUT2D eigenvalue weighted by Gasteiger charge is 2.20. The normalized spacial score (nSPS) is 10.9. The van der Waals surface area contributed by atoms with E-state index in [0.717, 1.165) is 11.1 Å². The number of amides is 1. The summed E-state index contributed by atoms with van der Waals surface area (Å²) in [6.45, 7) is 4.26. The van der Waals surface area contributed by atoms with E-state index in [-0.39, 0.29) is 18.6 Å². The molecule has 2 rings (SSSR count). The van der Waals surface area contributed by atoms with Gasteiger partial charge >= 0.3 is 0 Å². The van der Waals surface area contributed by atoms with Crippen LogP contribution >= 0.6 is 0 Å². The third-order valence-electron chi connectivity index (χ3n) is 3.20. The average Bonchev–Trinajstić information content (AvgIpc) is 2.66. The molecule has 0 radical (unpaired) electrons. The summed E-state index contributed by atoms with van der Waals surface area (Å²) in [5, 5.41) is 9.06. The van der Waals surface area contributed by atoms with Gasteiger partial charge in [0, 0.05) is 18.2 Å². The van der Waals surface area contributed by atoms with Gasteiger partial charge in [-0.05, 0) is 37.1 Å². The lowest BCUT2D eigenvalue weighted by molar-refractivity contribution is 0.0666. The standard InChI is InChI=1S/C16H19NO2/c1-12(2)17(8-9-18)16(19)15-10-13-6-4-3-5-7-14(13)11-15/h3-7,10-12,18H,8-9H2,1-2H3. The van der Waals surface area contributed by atoms with E-state index in [1.54, 1.807) is 4.90 Å². The van der Waals surface area contributed by atoms with E-state index < -0.39 is 0 Å². The molecule has 0 saturated heterocycles. The summed E-state index contributed by atoms with van der Waals surface area (Å²) in [7, 11) is 0. The molecule has 1 N–H and O–H groups in total. The second-order valence-electron chi connectivity index (χ2n) is 4.88. The summed E-state index contributed by atoms with van der Waals surface area (Å²) in [6, 6.07) is 13.8. The van der Waals surface area contributed by atoms with Crippen LogP contribution in [0.3, 0.4) is 0 Å². The molecule has 0 unspecified atom stereocenters. The van der Waals surface area contributed by atoms with Gasteiger partial charge in [-0.25, -0.2) is 0 Å². The highest BCUT2D eigenvalue weighted by Crippen LogP contribution is 2.25. The molecule has 1 amide bonds. The van der Waals surface area contributed by atoms with Crippen LogP contribution in [0.2, 0.25) is 0 Å². The molecule has 0 aliphatic heterocycles. The summed E-state index contributed by atoms with van der Waals surface area (Å²) in [5.74, 6) is -0.0251. The molecule has 3 nitrogen and oxygen atoms in total. The quantitative estimate of drug-likeness (QED) is 0.914. The maximum absolute atomic E-state index is 12.4. The lowest BCUT2D eigenvalue weighted by Crippen LogP contribution is -2.38. The Morgan fingerprint density at radius 1 is 1.16 bits per heavy atom. The van der Waals surface area contributed by atoms with E-state index in [9.17, 15) is 4.79 Å². The zero-order valence-electron chi connectivity index (χ0n) is 11.3. The first-order valence-corrected chi connectivity index (χ1v) is 6.54. The molecule has 0 aromatic heterocycles. The van der Waals surface area contributed by atoms with Crippen LogP contribution in [0.5, 0.6) is 0 Å². The second-order valence-corrected chi connectivity index (χ2v) is 4.88. The number of nitrogens with zero attached hydrogens (tertiary/aromatic N) is 1. The minimum Gasteiger partial charge on any atom is -0.395 e. The Kier molecular flexibility index (Phi) is 4.17. The van der Waals surface area contributed by atoms with E-state index in [4.69, 9.17) is 5.11 Å². The third-order valence-corrected chi connectivity index (χ3v) is 3.20. The zero-order valence-corrected chi connectivity index (χ0v) is 11.3.